The van der Waals surface area contributed by atoms with Crippen LogP contribution < -0.4 is 5.73 Å². The fraction of sp³-hybridized carbons (Fsp3) is 0.235. The molecule has 0 spiro atoms. The molecule has 1 heterocycles. The first-order chi connectivity index (χ1) is 10.3. The molecule has 0 aromatic heterocycles. The molecule has 0 bridgehead atoms. The van der Waals surface area contributed by atoms with E-state index >= 15 is 0 Å². The number of nitrogens with zero attached hydrogens (tertiary/aromatic N) is 2. The Balaban J connectivity index is 1.68. The SMILES string of the molecule is N/C(=N\O)c1ccc(CN2CCc3ccccc3C2)cc1. The number of hydrogen-bond acceptors (Lipinski definition) is 3. The summed E-state index contributed by atoms with van der Waals surface area (Å²) in [6.07, 6.45) is 1.11. The van der Waals surface area contributed by atoms with Crippen molar-refractivity contribution >= 4 is 5.84 Å². The molecule has 4 heteroatoms. The largest absolute Gasteiger partial charge is 0.409 e. The highest BCUT2D eigenvalue weighted by Gasteiger charge is 2.15. The topological polar surface area (TPSA) is 61.9 Å². The number of benzene rings is 2. The summed E-state index contributed by atoms with van der Waals surface area (Å²) in [4.78, 5) is 2.45. The first-order valence-corrected chi connectivity index (χ1v) is 7.12. The van der Waals surface area contributed by atoms with Crippen molar-refractivity contribution in [3.05, 3.63) is 70.8 Å². The van der Waals surface area contributed by atoms with Crippen LogP contribution in [0.3, 0.4) is 0 Å². The zero-order valence-electron chi connectivity index (χ0n) is 11.9. The molecular formula is C17H19N3O. The van der Waals surface area contributed by atoms with E-state index < -0.39 is 0 Å². The Morgan fingerprint density at radius 1 is 1.10 bits per heavy atom. The molecule has 3 rings (SSSR count). The Hall–Kier alpha value is -2.33. The third-order valence-corrected chi connectivity index (χ3v) is 3.97. The molecule has 0 amide bonds. The van der Waals surface area contributed by atoms with E-state index in [1.807, 2.05) is 24.3 Å². The minimum absolute atomic E-state index is 0.147. The molecule has 108 valence electrons. The van der Waals surface area contributed by atoms with Gasteiger partial charge in [0.1, 0.15) is 0 Å². The van der Waals surface area contributed by atoms with Gasteiger partial charge < -0.3 is 10.9 Å². The predicted octanol–water partition coefficient (Wildman–Crippen LogP) is 2.34. The van der Waals surface area contributed by atoms with Crippen molar-refractivity contribution in [2.75, 3.05) is 6.54 Å². The summed E-state index contributed by atoms with van der Waals surface area (Å²) in [5.74, 6) is 0.147. The van der Waals surface area contributed by atoms with Crippen LogP contribution in [-0.2, 0) is 19.5 Å². The first kappa shape index (κ1) is 13.6. The Morgan fingerprint density at radius 2 is 1.81 bits per heavy atom. The molecule has 1 aliphatic heterocycles. The smallest absolute Gasteiger partial charge is 0.170 e. The molecule has 4 nitrogen and oxygen atoms in total. The molecule has 0 radical (unpaired) electrons. The first-order valence-electron chi connectivity index (χ1n) is 7.12. The second-order valence-electron chi connectivity index (χ2n) is 5.41. The van der Waals surface area contributed by atoms with Gasteiger partial charge in [-0.1, -0.05) is 53.7 Å². The van der Waals surface area contributed by atoms with Crippen LogP contribution in [0.2, 0.25) is 0 Å². The fourth-order valence-corrected chi connectivity index (χ4v) is 2.79. The van der Waals surface area contributed by atoms with Gasteiger partial charge in [-0.15, -0.1) is 0 Å². The highest BCUT2D eigenvalue weighted by atomic mass is 16.4. The molecule has 2 aromatic carbocycles. The van der Waals surface area contributed by atoms with Crippen molar-refractivity contribution in [1.29, 1.82) is 0 Å². The second-order valence-corrected chi connectivity index (χ2v) is 5.41. The lowest BCUT2D eigenvalue weighted by molar-refractivity contribution is 0.245. The summed E-state index contributed by atoms with van der Waals surface area (Å²) in [5, 5.41) is 11.7. The number of hydrogen-bond donors (Lipinski definition) is 2. The lowest BCUT2D eigenvalue weighted by Gasteiger charge is -2.28. The number of rotatable bonds is 3. The van der Waals surface area contributed by atoms with Gasteiger partial charge >= 0.3 is 0 Å². The Bertz CT molecular complexity index is 649. The molecule has 0 saturated carbocycles. The van der Waals surface area contributed by atoms with E-state index in [0.29, 0.717) is 0 Å². The van der Waals surface area contributed by atoms with Gasteiger partial charge in [-0.3, -0.25) is 4.90 Å². The number of nitrogens with two attached hydrogens (primary N) is 1. The van der Waals surface area contributed by atoms with Crippen LogP contribution in [0.5, 0.6) is 0 Å². The lowest BCUT2D eigenvalue weighted by atomic mass is 9.99. The van der Waals surface area contributed by atoms with Crippen LogP contribution in [0.25, 0.3) is 0 Å². The van der Waals surface area contributed by atoms with E-state index in [9.17, 15) is 0 Å². The molecule has 1 aliphatic rings. The molecule has 21 heavy (non-hydrogen) atoms. The monoisotopic (exact) mass is 281 g/mol. The van der Waals surface area contributed by atoms with Gasteiger partial charge in [0.25, 0.3) is 0 Å². The predicted molar refractivity (Wildman–Crippen MR) is 83.2 cm³/mol. The Labute approximate surface area is 124 Å². The van der Waals surface area contributed by atoms with Crippen LogP contribution in [0.1, 0.15) is 22.3 Å². The Morgan fingerprint density at radius 3 is 2.52 bits per heavy atom. The van der Waals surface area contributed by atoms with Gasteiger partial charge in [0.15, 0.2) is 5.84 Å². The van der Waals surface area contributed by atoms with Crippen molar-refractivity contribution in [2.45, 2.75) is 19.5 Å². The van der Waals surface area contributed by atoms with E-state index in [0.717, 1.165) is 31.6 Å². The zero-order chi connectivity index (χ0) is 14.7. The highest BCUT2D eigenvalue weighted by molar-refractivity contribution is 5.96. The number of amidine groups is 1. The summed E-state index contributed by atoms with van der Waals surface area (Å²) in [5.41, 5.74) is 10.4. The third-order valence-electron chi connectivity index (χ3n) is 3.97. The van der Waals surface area contributed by atoms with Crippen LogP contribution >= 0.6 is 0 Å². The number of fused-ring (bicyclic) bond motifs is 1. The molecule has 0 saturated heterocycles. The summed E-state index contributed by atoms with van der Waals surface area (Å²) in [7, 11) is 0. The molecule has 0 fully saturated rings. The van der Waals surface area contributed by atoms with Crippen LogP contribution in [-0.4, -0.2) is 22.5 Å². The van der Waals surface area contributed by atoms with E-state index in [1.54, 1.807) is 0 Å². The molecule has 0 aliphatic carbocycles. The van der Waals surface area contributed by atoms with Crippen molar-refractivity contribution in [2.24, 2.45) is 10.9 Å². The fourth-order valence-electron chi connectivity index (χ4n) is 2.79. The minimum Gasteiger partial charge on any atom is -0.409 e. The maximum absolute atomic E-state index is 8.67. The zero-order valence-corrected chi connectivity index (χ0v) is 11.9. The minimum atomic E-state index is 0.147. The van der Waals surface area contributed by atoms with Crippen molar-refractivity contribution in [3.63, 3.8) is 0 Å². The van der Waals surface area contributed by atoms with E-state index in [-0.39, 0.29) is 5.84 Å². The van der Waals surface area contributed by atoms with Crippen molar-refractivity contribution < 1.29 is 5.21 Å². The molecular weight excluding hydrogens is 262 g/mol. The summed E-state index contributed by atoms with van der Waals surface area (Å²) >= 11 is 0. The number of oxime groups is 1. The molecule has 0 unspecified atom stereocenters. The van der Waals surface area contributed by atoms with E-state index in [4.69, 9.17) is 10.9 Å². The summed E-state index contributed by atoms with van der Waals surface area (Å²) in [6.45, 7) is 3.00. The summed E-state index contributed by atoms with van der Waals surface area (Å²) in [6, 6.07) is 16.5. The summed E-state index contributed by atoms with van der Waals surface area (Å²) < 4.78 is 0. The van der Waals surface area contributed by atoms with Crippen LogP contribution in [0.15, 0.2) is 53.7 Å². The van der Waals surface area contributed by atoms with Crippen molar-refractivity contribution in [1.82, 2.24) is 4.90 Å². The van der Waals surface area contributed by atoms with E-state index in [1.165, 1.54) is 16.7 Å². The van der Waals surface area contributed by atoms with Gasteiger partial charge in [-0.25, -0.2) is 0 Å². The van der Waals surface area contributed by atoms with Gasteiger partial charge in [0.2, 0.25) is 0 Å². The van der Waals surface area contributed by atoms with Gasteiger partial charge in [-0.2, -0.15) is 0 Å². The van der Waals surface area contributed by atoms with Crippen LogP contribution in [0, 0.1) is 0 Å². The Kier molecular flexibility index (Phi) is 3.88. The molecule has 0 atom stereocenters. The highest BCUT2D eigenvalue weighted by Crippen LogP contribution is 2.20. The van der Waals surface area contributed by atoms with Gasteiger partial charge in [0.05, 0.1) is 0 Å². The van der Waals surface area contributed by atoms with Gasteiger partial charge in [-0.05, 0) is 23.1 Å². The standard InChI is InChI=1S/C17H19N3O/c18-17(19-21)15-7-5-13(6-8-15)11-20-10-9-14-3-1-2-4-16(14)12-20/h1-8,21H,9-12H2,(H2,18,19). The normalized spacial score (nSPS) is 15.7. The average molecular weight is 281 g/mol. The average Bonchev–Trinajstić information content (AvgIpc) is 2.55. The van der Waals surface area contributed by atoms with Crippen LogP contribution in [0.4, 0.5) is 0 Å². The quantitative estimate of drug-likeness (QED) is 0.393. The van der Waals surface area contributed by atoms with E-state index in [2.05, 4.69) is 34.3 Å². The molecule has 3 N–H and O–H groups in total. The van der Waals surface area contributed by atoms with Gasteiger partial charge in [0, 0.05) is 25.2 Å². The maximum Gasteiger partial charge on any atom is 0.170 e. The second kappa shape index (κ2) is 5.97. The third kappa shape index (κ3) is 3.06. The lowest BCUT2D eigenvalue weighted by Crippen LogP contribution is -2.30. The van der Waals surface area contributed by atoms with Crippen molar-refractivity contribution in [3.8, 4) is 0 Å². The maximum atomic E-state index is 8.67. The molecule has 2 aromatic rings.